The van der Waals surface area contributed by atoms with Gasteiger partial charge < -0.3 is 15.4 Å². The minimum atomic E-state index is -0.116. The molecule has 0 aliphatic rings. The van der Waals surface area contributed by atoms with Crippen LogP contribution in [0.3, 0.4) is 0 Å². The van der Waals surface area contributed by atoms with Crippen LogP contribution in [-0.4, -0.2) is 18.0 Å². The van der Waals surface area contributed by atoms with Gasteiger partial charge in [0.25, 0.3) is 5.91 Å². The highest BCUT2D eigenvalue weighted by atomic mass is 32.1. The number of anilines is 2. The van der Waals surface area contributed by atoms with Gasteiger partial charge in [0.05, 0.1) is 18.8 Å². The fraction of sp³-hybridized carbons (Fsp3) is 0.273. The highest BCUT2D eigenvalue weighted by Crippen LogP contribution is 2.28. The predicted molar refractivity (Wildman–Crippen MR) is 115 cm³/mol. The Morgan fingerprint density at radius 3 is 2.57 bits per heavy atom. The van der Waals surface area contributed by atoms with Crippen LogP contribution in [0.15, 0.2) is 48.5 Å². The van der Waals surface area contributed by atoms with Crippen LogP contribution in [0.25, 0.3) is 0 Å². The van der Waals surface area contributed by atoms with Gasteiger partial charge in [0.2, 0.25) is 0 Å². The molecule has 3 rings (SSSR count). The maximum absolute atomic E-state index is 12.8. The normalized spacial score (nSPS) is 11.7. The standard InChI is InChI=1S/C22H25N3O2S/c1-5-16-8-6-7-9-19(16)25-22-24-15(3)20(28-22)21(26)23-14(2)17-10-12-18(27-4)13-11-17/h6-14H,5H2,1-4H3,(H,23,26)(H,24,25)/t14-/m1/s1. The molecule has 5 nitrogen and oxygen atoms in total. The molecule has 0 radical (unpaired) electrons. The molecule has 0 unspecified atom stereocenters. The average molecular weight is 396 g/mol. The summed E-state index contributed by atoms with van der Waals surface area (Å²) in [5.74, 6) is 0.679. The molecule has 1 atom stereocenters. The smallest absolute Gasteiger partial charge is 0.263 e. The molecule has 1 heterocycles. The summed E-state index contributed by atoms with van der Waals surface area (Å²) in [6.45, 7) is 5.94. The fourth-order valence-corrected chi connectivity index (χ4v) is 3.85. The maximum Gasteiger partial charge on any atom is 0.263 e. The molecule has 28 heavy (non-hydrogen) atoms. The third-order valence-electron chi connectivity index (χ3n) is 4.61. The number of para-hydroxylation sites is 1. The molecule has 0 bridgehead atoms. The van der Waals surface area contributed by atoms with Gasteiger partial charge in [-0.05, 0) is 49.6 Å². The van der Waals surface area contributed by atoms with Gasteiger partial charge in [0.15, 0.2) is 5.13 Å². The van der Waals surface area contributed by atoms with Gasteiger partial charge in [-0.1, -0.05) is 48.6 Å². The van der Waals surface area contributed by atoms with E-state index in [0.717, 1.165) is 34.2 Å². The quantitative estimate of drug-likeness (QED) is 0.573. The van der Waals surface area contributed by atoms with Crippen molar-refractivity contribution in [3.05, 3.63) is 70.2 Å². The van der Waals surface area contributed by atoms with Gasteiger partial charge in [-0.25, -0.2) is 4.98 Å². The molecule has 3 aromatic rings. The van der Waals surface area contributed by atoms with E-state index < -0.39 is 0 Å². The first kappa shape index (κ1) is 19.9. The number of aromatic nitrogens is 1. The molecule has 0 saturated carbocycles. The Kier molecular flexibility index (Phi) is 6.31. The van der Waals surface area contributed by atoms with E-state index in [4.69, 9.17) is 4.74 Å². The van der Waals surface area contributed by atoms with Crippen molar-refractivity contribution in [3.63, 3.8) is 0 Å². The third-order valence-corrected chi connectivity index (χ3v) is 5.68. The van der Waals surface area contributed by atoms with Crippen molar-refractivity contribution in [2.75, 3.05) is 12.4 Å². The Labute approximate surface area is 169 Å². The first-order valence-electron chi connectivity index (χ1n) is 9.29. The van der Waals surface area contributed by atoms with Crippen LogP contribution in [0.5, 0.6) is 5.75 Å². The van der Waals surface area contributed by atoms with Crippen molar-refractivity contribution in [2.24, 2.45) is 0 Å². The van der Waals surface area contributed by atoms with E-state index in [1.807, 2.05) is 56.3 Å². The van der Waals surface area contributed by atoms with E-state index in [1.54, 1.807) is 7.11 Å². The summed E-state index contributed by atoms with van der Waals surface area (Å²) in [6, 6.07) is 15.7. The van der Waals surface area contributed by atoms with Crippen LogP contribution in [0.1, 0.15) is 46.4 Å². The molecular formula is C22H25N3O2S. The van der Waals surface area contributed by atoms with Crippen LogP contribution in [0, 0.1) is 6.92 Å². The second-order valence-corrected chi connectivity index (χ2v) is 7.54. The van der Waals surface area contributed by atoms with Gasteiger partial charge in [-0.3, -0.25) is 4.79 Å². The van der Waals surface area contributed by atoms with Crippen molar-refractivity contribution in [3.8, 4) is 5.75 Å². The molecule has 0 saturated heterocycles. The first-order chi connectivity index (χ1) is 13.5. The molecule has 0 spiro atoms. The number of nitrogens with one attached hydrogen (secondary N) is 2. The maximum atomic E-state index is 12.8. The van der Waals surface area contributed by atoms with E-state index in [0.29, 0.717) is 4.88 Å². The van der Waals surface area contributed by atoms with E-state index >= 15 is 0 Å². The zero-order valence-electron chi connectivity index (χ0n) is 16.6. The number of rotatable bonds is 7. The summed E-state index contributed by atoms with van der Waals surface area (Å²) in [4.78, 5) is 17.9. The third kappa shape index (κ3) is 4.51. The molecular weight excluding hydrogens is 370 g/mol. The summed E-state index contributed by atoms with van der Waals surface area (Å²) >= 11 is 1.37. The summed E-state index contributed by atoms with van der Waals surface area (Å²) in [7, 11) is 1.64. The molecule has 6 heteroatoms. The predicted octanol–water partition coefficient (Wildman–Crippen LogP) is 5.26. The van der Waals surface area contributed by atoms with Crippen LogP contribution in [-0.2, 0) is 6.42 Å². The number of methoxy groups -OCH3 is 1. The number of carbonyl (C=O) groups is 1. The van der Waals surface area contributed by atoms with Crippen LogP contribution >= 0.6 is 11.3 Å². The molecule has 2 aromatic carbocycles. The number of hydrogen-bond acceptors (Lipinski definition) is 5. The molecule has 0 aliphatic heterocycles. The van der Waals surface area contributed by atoms with Gasteiger partial charge >= 0.3 is 0 Å². The number of aryl methyl sites for hydroxylation is 2. The van der Waals surface area contributed by atoms with Crippen molar-refractivity contribution in [2.45, 2.75) is 33.2 Å². The van der Waals surface area contributed by atoms with Crippen LogP contribution in [0.2, 0.25) is 0 Å². The Hall–Kier alpha value is -2.86. The lowest BCUT2D eigenvalue weighted by molar-refractivity contribution is 0.0943. The molecule has 0 aliphatic carbocycles. The summed E-state index contributed by atoms with van der Waals surface area (Å²) < 4.78 is 5.18. The topological polar surface area (TPSA) is 63.2 Å². The lowest BCUT2D eigenvalue weighted by Gasteiger charge is -2.14. The Balaban J connectivity index is 1.71. The van der Waals surface area contributed by atoms with Crippen molar-refractivity contribution in [1.29, 1.82) is 0 Å². The van der Waals surface area contributed by atoms with Crippen molar-refractivity contribution in [1.82, 2.24) is 10.3 Å². The van der Waals surface area contributed by atoms with E-state index in [2.05, 4.69) is 28.6 Å². The summed E-state index contributed by atoms with van der Waals surface area (Å²) in [5, 5.41) is 7.13. The average Bonchev–Trinajstić information content (AvgIpc) is 3.08. The lowest BCUT2D eigenvalue weighted by Crippen LogP contribution is -2.26. The monoisotopic (exact) mass is 395 g/mol. The number of hydrogen-bond donors (Lipinski definition) is 2. The number of ether oxygens (including phenoxy) is 1. The number of benzene rings is 2. The summed E-state index contributed by atoms with van der Waals surface area (Å²) in [6.07, 6.45) is 0.931. The van der Waals surface area contributed by atoms with Crippen molar-refractivity contribution < 1.29 is 9.53 Å². The zero-order chi connectivity index (χ0) is 20.1. The minimum Gasteiger partial charge on any atom is -0.497 e. The van der Waals surface area contributed by atoms with Crippen LogP contribution < -0.4 is 15.4 Å². The lowest BCUT2D eigenvalue weighted by atomic mass is 10.1. The van der Waals surface area contributed by atoms with Gasteiger partial charge in [-0.15, -0.1) is 0 Å². The molecule has 1 amide bonds. The Bertz CT molecular complexity index is 951. The van der Waals surface area contributed by atoms with E-state index in [1.165, 1.54) is 16.9 Å². The van der Waals surface area contributed by atoms with Gasteiger partial charge in [0.1, 0.15) is 10.6 Å². The number of nitrogens with zero attached hydrogens (tertiary/aromatic N) is 1. The molecule has 146 valence electrons. The second kappa shape index (κ2) is 8.89. The number of carbonyl (C=O) groups excluding carboxylic acids is 1. The number of thiazole rings is 1. The first-order valence-corrected chi connectivity index (χ1v) is 10.1. The second-order valence-electron chi connectivity index (χ2n) is 6.54. The van der Waals surface area contributed by atoms with Crippen LogP contribution in [0.4, 0.5) is 10.8 Å². The van der Waals surface area contributed by atoms with Gasteiger partial charge in [-0.2, -0.15) is 0 Å². The highest BCUT2D eigenvalue weighted by Gasteiger charge is 2.18. The molecule has 0 fully saturated rings. The summed E-state index contributed by atoms with van der Waals surface area (Å²) in [5.41, 5.74) is 3.99. The van der Waals surface area contributed by atoms with Crippen molar-refractivity contribution >= 4 is 28.1 Å². The van der Waals surface area contributed by atoms with Gasteiger partial charge in [0, 0.05) is 5.69 Å². The minimum absolute atomic E-state index is 0.114. The molecule has 2 N–H and O–H groups in total. The Morgan fingerprint density at radius 2 is 1.89 bits per heavy atom. The number of amides is 1. The highest BCUT2D eigenvalue weighted by molar-refractivity contribution is 7.17. The SMILES string of the molecule is CCc1ccccc1Nc1nc(C)c(C(=O)N[C@H](C)c2ccc(OC)cc2)s1. The fourth-order valence-electron chi connectivity index (χ4n) is 2.96. The molecule has 1 aromatic heterocycles. The largest absolute Gasteiger partial charge is 0.497 e. The zero-order valence-corrected chi connectivity index (χ0v) is 17.4. The van der Waals surface area contributed by atoms with E-state index in [-0.39, 0.29) is 11.9 Å². The Morgan fingerprint density at radius 1 is 1.18 bits per heavy atom. The van der Waals surface area contributed by atoms with E-state index in [9.17, 15) is 4.79 Å².